The summed E-state index contributed by atoms with van der Waals surface area (Å²) in [5.41, 5.74) is 17.6. The molecule has 0 aliphatic carbocycles. The highest BCUT2D eigenvalue weighted by atomic mass is 16.4. The quantitative estimate of drug-likeness (QED) is 0.0240. The number of phenols is 2. The summed E-state index contributed by atoms with van der Waals surface area (Å²) < 4.78 is 0. The molecule has 482 valence electrons. The Kier molecular flexibility index (Phi) is 31.5. The van der Waals surface area contributed by atoms with Gasteiger partial charge in [0.1, 0.15) is 65.9 Å². The molecule has 0 aliphatic rings. The molecule has 11 amide bonds. The highest BCUT2D eigenvalue weighted by molar-refractivity contribution is 5.99. The Morgan fingerprint density at radius 3 is 1.28 bits per heavy atom. The van der Waals surface area contributed by atoms with E-state index in [0.29, 0.717) is 42.4 Å². The van der Waals surface area contributed by atoms with E-state index >= 15 is 0 Å². The standard InChI is InChI=1S/C58H83N13O17/c1-32(50(61)80)63-52(82)41(14-8-10-26-60)65-47(77)30-62-51(81)46(31-72)70-58(88)49(33(2)73)71-57(87)45(29-37-17-21-39(76)22-18-37)69-55(85)43(27-35-11-5-4-6-12-35)68-56(86)44(28-36-15-19-38(75)20-16-36)67-54(84)42(23-24-48(78)79)66-53(83)40(64-34(3)74)13-7-9-25-59/h4-6,11-12,15-22,32-33,40-46,49,72-73,75-76H,7-10,13-14,23-31,59-60H2,1-3H3,(H2,61,80)(H,62,81)(H,63,82)(H,64,74)(H,65,77)(H,66,83)(H,67,84)(H,68,86)(H,69,85)(H,70,88)(H,71,87)(H,78,79)/t32-,33+,40-,41-,42-,43-,44-,45-,46-,49-/m0/s1. The number of hydrogen-bond donors (Lipinski definition) is 18. The number of aliphatic hydroxyl groups excluding tert-OH is 2. The second-order valence-corrected chi connectivity index (χ2v) is 20.9. The molecular formula is C58H83N13O17. The van der Waals surface area contributed by atoms with E-state index in [0.717, 1.165) is 6.92 Å². The van der Waals surface area contributed by atoms with Crippen LogP contribution in [-0.4, -0.2) is 183 Å². The number of amides is 11. The van der Waals surface area contributed by atoms with Crippen LogP contribution in [0.15, 0.2) is 78.9 Å². The molecule has 30 nitrogen and oxygen atoms in total. The second-order valence-electron chi connectivity index (χ2n) is 20.9. The van der Waals surface area contributed by atoms with Crippen molar-refractivity contribution in [2.45, 2.75) is 152 Å². The first-order valence-corrected chi connectivity index (χ1v) is 28.5. The van der Waals surface area contributed by atoms with Crippen molar-refractivity contribution in [1.82, 2.24) is 53.2 Å². The van der Waals surface area contributed by atoms with Gasteiger partial charge in [0, 0.05) is 32.6 Å². The Hall–Kier alpha value is -9.26. The second kappa shape index (κ2) is 38.0. The van der Waals surface area contributed by atoms with Crippen molar-refractivity contribution in [1.29, 1.82) is 0 Å². The summed E-state index contributed by atoms with van der Waals surface area (Å²) in [4.78, 5) is 160. The van der Waals surface area contributed by atoms with E-state index in [2.05, 4.69) is 53.2 Å². The van der Waals surface area contributed by atoms with Gasteiger partial charge in [-0.05, 0) is 113 Å². The van der Waals surface area contributed by atoms with Crippen molar-refractivity contribution in [2.75, 3.05) is 26.2 Å². The summed E-state index contributed by atoms with van der Waals surface area (Å²) in [6.45, 7) is 2.35. The predicted molar refractivity (Wildman–Crippen MR) is 316 cm³/mol. The number of nitrogens with one attached hydrogen (secondary N) is 10. The van der Waals surface area contributed by atoms with Crippen LogP contribution in [0.2, 0.25) is 0 Å². The zero-order valence-corrected chi connectivity index (χ0v) is 49.3. The number of carbonyl (C=O) groups is 12. The predicted octanol–water partition coefficient (Wildman–Crippen LogP) is -4.37. The fraction of sp³-hybridized carbons (Fsp3) is 0.483. The van der Waals surface area contributed by atoms with E-state index in [1.54, 1.807) is 30.3 Å². The number of aliphatic hydroxyl groups is 2. The fourth-order valence-electron chi connectivity index (χ4n) is 8.64. The molecule has 0 aliphatic heterocycles. The van der Waals surface area contributed by atoms with Gasteiger partial charge in [0.25, 0.3) is 0 Å². The number of carbonyl (C=O) groups excluding carboxylic acids is 11. The molecule has 3 rings (SSSR count). The lowest BCUT2D eigenvalue weighted by molar-refractivity contribution is -0.138. The van der Waals surface area contributed by atoms with Crippen LogP contribution in [0.3, 0.4) is 0 Å². The van der Waals surface area contributed by atoms with Crippen LogP contribution in [0, 0.1) is 0 Å². The maximum absolute atomic E-state index is 14.8. The van der Waals surface area contributed by atoms with Gasteiger partial charge in [0.2, 0.25) is 65.0 Å². The third-order valence-corrected chi connectivity index (χ3v) is 13.5. The number of rotatable bonds is 39. The van der Waals surface area contributed by atoms with Crippen LogP contribution in [0.25, 0.3) is 0 Å². The van der Waals surface area contributed by atoms with Crippen molar-refractivity contribution in [3.8, 4) is 11.5 Å². The number of primary amides is 1. The molecule has 88 heavy (non-hydrogen) atoms. The molecule has 21 N–H and O–H groups in total. The van der Waals surface area contributed by atoms with Crippen LogP contribution >= 0.6 is 0 Å². The van der Waals surface area contributed by atoms with Crippen molar-refractivity contribution in [3.63, 3.8) is 0 Å². The first-order chi connectivity index (χ1) is 41.7. The van der Waals surface area contributed by atoms with E-state index < -0.39 is 157 Å². The number of aliphatic carboxylic acids is 1. The normalized spacial score (nSPS) is 14.4. The van der Waals surface area contributed by atoms with Gasteiger partial charge in [-0.25, -0.2) is 0 Å². The van der Waals surface area contributed by atoms with Gasteiger partial charge >= 0.3 is 5.97 Å². The zero-order chi connectivity index (χ0) is 65.5. The lowest BCUT2D eigenvalue weighted by Gasteiger charge is -2.28. The molecule has 0 saturated heterocycles. The minimum atomic E-state index is -1.91. The third-order valence-electron chi connectivity index (χ3n) is 13.5. The Bertz CT molecular complexity index is 2830. The summed E-state index contributed by atoms with van der Waals surface area (Å²) in [5.74, 6) is -12.0. The average Bonchev–Trinajstić information content (AvgIpc) is 3.60. The molecule has 0 spiro atoms. The lowest BCUT2D eigenvalue weighted by atomic mass is 10.00. The fourth-order valence-corrected chi connectivity index (χ4v) is 8.64. The Labute approximate surface area is 508 Å². The number of aromatic hydroxyl groups is 2. The maximum Gasteiger partial charge on any atom is 0.303 e. The highest BCUT2D eigenvalue weighted by Gasteiger charge is 2.36. The number of nitrogens with two attached hydrogens (primary N) is 3. The van der Waals surface area contributed by atoms with Crippen molar-refractivity contribution in [2.24, 2.45) is 17.2 Å². The number of phenolic OH excluding ortho intramolecular Hbond substituents is 2. The molecule has 0 fully saturated rings. The van der Waals surface area contributed by atoms with Gasteiger partial charge in [-0.1, -0.05) is 54.6 Å². The summed E-state index contributed by atoms with van der Waals surface area (Å²) in [6, 6.07) is 5.56. The summed E-state index contributed by atoms with van der Waals surface area (Å²) in [5, 5.41) is 75.2. The van der Waals surface area contributed by atoms with Crippen LogP contribution in [-0.2, 0) is 76.8 Å². The lowest BCUT2D eigenvalue weighted by Crippen LogP contribution is -2.62. The Morgan fingerprint density at radius 1 is 0.466 bits per heavy atom. The number of unbranched alkanes of at least 4 members (excludes halogenated alkanes) is 2. The summed E-state index contributed by atoms with van der Waals surface area (Å²) in [7, 11) is 0. The van der Waals surface area contributed by atoms with Crippen molar-refractivity contribution in [3.05, 3.63) is 95.6 Å². The van der Waals surface area contributed by atoms with Crippen LogP contribution in [0.5, 0.6) is 11.5 Å². The van der Waals surface area contributed by atoms with E-state index in [1.165, 1.54) is 62.4 Å². The molecular weight excluding hydrogens is 1150 g/mol. The first-order valence-electron chi connectivity index (χ1n) is 28.5. The topological polar surface area (TPSA) is 504 Å². The van der Waals surface area contributed by atoms with Crippen LogP contribution in [0.1, 0.15) is 88.8 Å². The first kappa shape index (κ1) is 73.0. The van der Waals surface area contributed by atoms with Crippen molar-refractivity contribution >= 4 is 70.9 Å². The molecule has 0 saturated carbocycles. The van der Waals surface area contributed by atoms with Crippen LogP contribution < -0.4 is 70.4 Å². The minimum Gasteiger partial charge on any atom is -0.508 e. The molecule has 0 radical (unpaired) electrons. The van der Waals surface area contributed by atoms with Gasteiger partial charge in [-0.2, -0.15) is 0 Å². The number of carboxylic acid groups (broad SMARTS) is 1. The maximum atomic E-state index is 14.8. The minimum absolute atomic E-state index is 0.0947. The van der Waals surface area contributed by atoms with Gasteiger partial charge in [-0.15, -0.1) is 0 Å². The molecule has 0 aromatic heterocycles. The third kappa shape index (κ3) is 26.6. The molecule has 30 heteroatoms. The smallest absolute Gasteiger partial charge is 0.303 e. The van der Waals surface area contributed by atoms with Gasteiger partial charge in [0.15, 0.2) is 0 Å². The molecule has 0 heterocycles. The van der Waals surface area contributed by atoms with E-state index in [-0.39, 0.29) is 56.7 Å². The van der Waals surface area contributed by atoms with Crippen molar-refractivity contribution < 1.29 is 83.1 Å². The van der Waals surface area contributed by atoms with Gasteiger partial charge in [0.05, 0.1) is 19.3 Å². The van der Waals surface area contributed by atoms with Gasteiger partial charge < -0.3 is 95.9 Å². The van der Waals surface area contributed by atoms with Crippen LogP contribution in [0.4, 0.5) is 0 Å². The van der Waals surface area contributed by atoms with Gasteiger partial charge in [-0.3, -0.25) is 57.5 Å². The number of benzene rings is 3. The highest BCUT2D eigenvalue weighted by Crippen LogP contribution is 2.16. The summed E-state index contributed by atoms with van der Waals surface area (Å²) in [6.07, 6.45) is -1.78. The average molecular weight is 1230 g/mol. The monoisotopic (exact) mass is 1230 g/mol. The van der Waals surface area contributed by atoms with E-state index in [1.807, 2.05) is 0 Å². The Morgan fingerprint density at radius 2 is 0.864 bits per heavy atom. The number of hydrogen-bond acceptors (Lipinski definition) is 18. The largest absolute Gasteiger partial charge is 0.508 e. The van der Waals surface area contributed by atoms with E-state index in [9.17, 15) is 83.1 Å². The SMILES string of the molecule is CC(=O)N[C@@H](CCCCN)C(=O)N[C@@H](CCC(=O)O)C(=O)N[C@@H](Cc1ccc(O)cc1)C(=O)N[C@@H](Cc1ccccc1)C(=O)N[C@@H](Cc1ccc(O)cc1)C(=O)N[C@H](C(=O)N[C@@H](CO)C(=O)NCC(=O)N[C@@H](CCCCN)C(=O)N[C@@H](C)C(N)=O)[C@@H](C)O. The van der Waals surface area contributed by atoms with E-state index in [4.69, 9.17) is 17.2 Å². The molecule has 0 unspecified atom stereocenters. The molecule has 3 aromatic carbocycles. The Balaban J connectivity index is 1.96. The number of carboxylic acids is 1. The zero-order valence-electron chi connectivity index (χ0n) is 49.3. The molecule has 0 bridgehead atoms. The molecule has 10 atom stereocenters. The summed E-state index contributed by atoms with van der Waals surface area (Å²) >= 11 is 0. The molecule has 3 aromatic rings.